The highest BCUT2D eigenvalue weighted by molar-refractivity contribution is 6.54. The summed E-state index contributed by atoms with van der Waals surface area (Å²) in [4.78, 5) is 14.0. The number of amides is 1. The Balaban J connectivity index is 2.03. The molecular weight excluding hydrogens is 428 g/mol. The average Bonchev–Trinajstić information content (AvgIpc) is 3.00. The van der Waals surface area contributed by atoms with Crippen LogP contribution in [0, 0.1) is 0 Å². The zero-order valence-corrected chi connectivity index (χ0v) is 15.9. The molecule has 2 aliphatic heterocycles. The second-order valence-electron chi connectivity index (χ2n) is 7.49. The van der Waals surface area contributed by atoms with Crippen molar-refractivity contribution in [3.05, 3.63) is 52.1 Å². The summed E-state index contributed by atoms with van der Waals surface area (Å²) in [6.45, 7) is 0.842. The number of benzene rings is 2. The van der Waals surface area contributed by atoms with Gasteiger partial charge in [0.05, 0.1) is 16.8 Å². The van der Waals surface area contributed by atoms with E-state index in [4.69, 9.17) is 0 Å². The first kappa shape index (κ1) is 21.2. The van der Waals surface area contributed by atoms with E-state index in [1.807, 2.05) is 4.90 Å². The smallest absolute Gasteiger partial charge is 0.410 e. The maximum absolute atomic E-state index is 13.3. The lowest BCUT2D eigenvalue weighted by Crippen LogP contribution is -2.28. The highest BCUT2D eigenvalue weighted by Gasteiger charge is 2.38. The predicted molar refractivity (Wildman–Crippen MR) is 98.9 cm³/mol. The fourth-order valence-corrected chi connectivity index (χ4v) is 3.98. The third-order valence-electron chi connectivity index (χ3n) is 5.43. The maximum atomic E-state index is 13.3. The second kappa shape index (κ2) is 6.98. The number of nitrogens with one attached hydrogen (secondary N) is 1. The van der Waals surface area contributed by atoms with Gasteiger partial charge in [-0.3, -0.25) is 4.79 Å². The minimum absolute atomic E-state index is 0.0722. The zero-order valence-electron chi connectivity index (χ0n) is 15.9. The average molecular weight is 443 g/mol. The van der Waals surface area contributed by atoms with E-state index >= 15 is 0 Å². The molecule has 0 radical (unpaired) electrons. The Morgan fingerprint density at radius 1 is 0.968 bits per heavy atom. The number of hydrogen-bond donors (Lipinski definition) is 2. The number of oxime groups is 1. The monoisotopic (exact) mass is 443 g/mol. The number of carbonyl (C=O) groups excluding carboxylic acids is 1. The van der Waals surface area contributed by atoms with Gasteiger partial charge in [0.25, 0.3) is 5.91 Å². The molecule has 0 unspecified atom stereocenters. The molecule has 0 aromatic heterocycles. The number of rotatable bonds is 1. The van der Waals surface area contributed by atoms with Gasteiger partial charge in [-0.15, -0.1) is 0 Å². The summed E-state index contributed by atoms with van der Waals surface area (Å²) < 4.78 is 80.1. The van der Waals surface area contributed by atoms with Crippen LogP contribution in [0.2, 0.25) is 0 Å². The molecule has 1 amide bonds. The Hall–Kier alpha value is -3.08. The quantitative estimate of drug-likeness (QED) is 0.387. The van der Waals surface area contributed by atoms with Crippen molar-refractivity contribution < 1.29 is 36.3 Å². The van der Waals surface area contributed by atoms with Gasteiger partial charge in [-0.2, -0.15) is 26.3 Å². The molecule has 0 fully saturated rings. The van der Waals surface area contributed by atoms with E-state index < -0.39 is 29.4 Å². The predicted octanol–water partition coefficient (Wildman–Crippen LogP) is 4.51. The van der Waals surface area contributed by atoms with Gasteiger partial charge < -0.3 is 15.4 Å². The molecule has 0 saturated heterocycles. The first-order chi connectivity index (χ1) is 14.4. The topological polar surface area (TPSA) is 64.9 Å². The van der Waals surface area contributed by atoms with Crippen LogP contribution < -0.4 is 5.32 Å². The van der Waals surface area contributed by atoms with Crippen molar-refractivity contribution in [2.45, 2.75) is 25.3 Å². The Kier molecular flexibility index (Phi) is 4.76. The molecule has 2 N–H and O–H groups in total. The summed E-state index contributed by atoms with van der Waals surface area (Å²) in [6.07, 6.45) is -9.61. The van der Waals surface area contributed by atoms with Crippen LogP contribution in [0.15, 0.2) is 29.4 Å². The van der Waals surface area contributed by atoms with Crippen molar-refractivity contribution in [3.63, 3.8) is 0 Å². The molecule has 31 heavy (non-hydrogen) atoms. The van der Waals surface area contributed by atoms with E-state index in [0.29, 0.717) is 48.5 Å². The van der Waals surface area contributed by atoms with Crippen molar-refractivity contribution in [2.75, 3.05) is 18.9 Å². The fraction of sp³-hybridized carbons (Fsp3) is 0.300. The Bertz CT molecular complexity index is 1090. The third-order valence-corrected chi connectivity index (χ3v) is 5.43. The standard InChI is InChI=1S/C20H15F6N3O2/c1-29-3-2-12-13(7-14-16(15(12)8-29)27-18(30)17(14)28-31)9-4-10(19(21,22)23)6-11(5-9)20(24,25)26/h4-7,31H,2-3,8H2,1H3,(H,27,28,30). The van der Waals surface area contributed by atoms with Gasteiger partial charge >= 0.3 is 12.4 Å². The molecular formula is C20H15F6N3O2. The normalized spacial score (nSPS) is 18.2. The van der Waals surface area contributed by atoms with Crippen LogP contribution >= 0.6 is 0 Å². The lowest BCUT2D eigenvalue weighted by Gasteiger charge is -2.29. The number of hydrogen-bond acceptors (Lipinski definition) is 4. The van der Waals surface area contributed by atoms with E-state index in [2.05, 4.69) is 10.5 Å². The molecule has 0 atom stereocenters. The summed E-state index contributed by atoms with van der Waals surface area (Å²) >= 11 is 0. The van der Waals surface area contributed by atoms with Crippen LogP contribution in [0.5, 0.6) is 0 Å². The fourth-order valence-electron chi connectivity index (χ4n) is 3.98. The molecule has 11 heteroatoms. The number of carbonyl (C=O) groups is 1. The Morgan fingerprint density at radius 3 is 2.13 bits per heavy atom. The molecule has 2 aromatic rings. The summed E-state index contributed by atoms with van der Waals surface area (Å²) in [5.74, 6) is -0.704. The molecule has 0 aliphatic carbocycles. The Labute approximate surface area is 172 Å². The van der Waals surface area contributed by atoms with Gasteiger partial charge in [0.2, 0.25) is 0 Å². The molecule has 0 spiro atoms. The zero-order chi connectivity index (χ0) is 22.7. The molecule has 4 rings (SSSR count). The summed E-state index contributed by atoms with van der Waals surface area (Å²) in [6, 6.07) is 2.70. The highest BCUT2D eigenvalue weighted by Crippen LogP contribution is 2.43. The van der Waals surface area contributed by atoms with Crippen molar-refractivity contribution >= 4 is 17.3 Å². The van der Waals surface area contributed by atoms with Crippen LogP contribution in [-0.4, -0.2) is 35.3 Å². The number of nitrogens with zero attached hydrogens (tertiary/aromatic N) is 2. The minimum atomic E-state index is -4.98. The van der Waals surface area contributed by atoms with Crippen molar-refractivity contribution in [3.8, 4) is 11.1 Å². The Morgan fingerprint density at radius 2 is 1.58 bits per heavy atom. The molecule has 0 saturated carbocycles. The number of likely N-dealkylation sites (N-methyl/N-ethyl adjacent to an activating group) is 1. The van der Waals surface area contributed by atoms with E-state index in [0.717, 1.165) is 0 Å². The molecule has 5 nitrogen and oxygen atoms in total. The second-order valence-corrected chi connectivity index (χ2v) is 7.49. The van der Waals surface area contributed by atoms with Crippen LogP contribution in [0.3, 0.4) is 0 Å². The summed E-state index contributed by atoms with van der Waals surface area (Å²) in [5.41, 5.74) is -1.75. The van der Waals surface area contributed by atoms with Gasteiger partial charge in [-0.05, 0) is 60.0 Å². The van der Waals surface area contributed by atoms with Gasteiger partial charge in [-0.25, -0.2) is 0 Å². The summed E-state index contributed by atoms with van der Waals surface area (Å²) in [5, 5.41) is 14.8. The molecule has 2 aromatic carbocycles. The SMILES string of the molecule is CN1CCc2c(-c3cc(C(F)(F)F)cc(C(F)(F)F)c3)cc3c(c2C1)NC(=O)/C3=N\O. The maximum Gasteiger partial charge on any atom is 0.416 e. The first-order valence-corrected chi connectivity index (χ1v) is 9.11. The van der Waals surface area contributed by atoms with Crippen LogP contribution in [0.25, 0.3) is 11.1 Å². The molecule has 2 aliphatic rings. The van der Waals surface area contributed by atoms with Gasteiger partial charge in [-0.1, -0.05) is 5.16 Å². The first-order valence-electron chi connectivity index (χ1n) is 9.11. The van der Waals surface area contributed by atoms with Gasteiger partial charge in [0.15, 0.2) is 5.71 Å². The molecule has 164 valence electrons. The van der Waals surface area contributed by atoms with Crippen LogP contribution in [0.4, 0.5) is 32.0 Å². The van der Waals surface area contributed by atoms with E-state index in [1.165, 1.54) is 6.07 Å². The van der Waals surface area contributed by atoms with Gasteiger partial charge in [0, 0.05) is 18.7 Å². The highest BCUT2D eigenvalue weighted by atomic mass is 19.4. The van der Waals surface area contributed by atoms with E-state index in [9.17, 15) is 36.3 Å². The van der Waals surface area contributed by atoms with Crippen LogP contribution in [-0.2, 0) is 30.1 Å². The van der Waals surface area contributed by atoms with Crippen molar-refractivity contribution in [2.24, 2.45) is 5.16 Å². The number of halogens is 6. The lowest BCUT2D eigenvalue weighted by atomic mass is 9.86. The van der Waals surface area contributed by atoms with Crippen LogP contribution in [0.1, 0.15) is 27.8 Å². The van der Waals surface area contributed by atoms with E-state index in [-0.39, 0.29) is 28.5 Å². The van der Waals surface area contributed by atoms with Gasteiger partial charge in [0.1, 0.15) is 0 Å². The van der Waals surface area contributed by atoms with Crippen molar-refractivity contribution in [1.82, 2.24) is 4.90 Å². The number of alkyl halides is 6. The molecule has 0 bridgehead atoms. The number of anilines is 1. The minimum Gasteiger partial charge on any atom is -0.410 e. The largest absolute Gasteiger partial charge is 0.416 e. The number of fused-ring (bicyclic) bond motifs is 3. The lowest BCUT2D eigenvalue weighted by molar-refractivity contribution is -0.143. The van der Waals surface area contributed by atoms with E-state index in [1.54, 1.807) is 7.05 Å². The third kappa shape index (κ3) is 3.62. The molecule has 2 heterocycles. The van der Waals surface area contributed by atoms with Crippen molar-refractivity contribution in [1.29, 1.82) is 0 Å². The summed E-state index contributed by atoms with van der Waals surface area (Å²) in [7, 11) is 1.80.